The normalized spacial score (nSPS) is 11.4. The van der Waals surface area contributed by atoms with Gasteiger partial charge < -0.3 is 4.57 Å². The number of hydrogen-bond donors (Lipinski definition) is 1. The monoisotopic (exact) mass is 306 g/mol. The van der Waals surface area contributed by atoms with Gasteiger partial charge in [0.25, 0.3) is 5.91 Å². The van der Waals surface area contributed by atoms with Crippen LogP contribution in [0.4, 0.5) is 0 Å². The highest BCUT2D eigenvalue weighted by atomic mass is 32.2. The number of nitrogens with one attached hydrogen (secondary N) is 1. The Morgan fingerprint density at radius 2 is 1.76 bits per heavy atom. The first-order valence-corrected chi connectivity index (χ1v) is 8.37. The van der Waals surface area contributed by atoms with Crippen LogP contribution >= 0.6 is 0 Å². The summed E-state index contributed by atoms with van der Waals surface area (Å²) in [6.45, 7) is 5.68. The minimum atomic E-state index is -3.57. The SMILES string of the molecule is Cc1ccccc1-n1c(C)cc(C(=O)NS(C)(=O)=O)c1C. The Bertz CT molecular complexity index is 804. The molecule has 0 radical (unpaired) electrons. The van der Waals surface area contributed by atoms with Crippen molar-refractivity contribution < 1.29 is 13.2 Å². The van der Waals surface area contributed by atoms with E-state index in [1.165, 1.54) is 0 Å². The number of aromatic nitrogens is 1. The highest BCUT2D eigenvalue weighted by molar-refractivity contribution is 7.89. The molecule has 0 unspecified atom stereocenters. The molecule has 1 amide bonds. The number of benzene rings is 1. The molecule has 1 aromatic carbocycles. The molecule has 2 rings (SSSR count). The van der Waals surface area contributed by atoms with Crippen LogP contribution < -0.4 is 4.72 Å². The third kappa shape index (κ3) is 3.16. The van der Waals surface area contributed by atoms with Crippen LogP contribution in [-0.4, -0.2) is 25.1 Å². The van der Waals surface area contributed by atoms with Crippen LogP contribution in [0.3, 0.4) is 0 Å². The van der Waals surface area contributed by atoms with Crippen LogP contribution in [-0.2, 0) is 10.0 Å². The Hall–Kier alpha value is -2.08. The van der Waals surface area contributed by atoms with E-state index < -0.39 is 15.9 Å². The smallest absolute Gasteiger partial charge is 0.266 e. The predicted octanol–water partition coefficient (Wildman–Crippen LogP) is 2.09. The quantitative estimate of drug-likeness (QED) is 0.944. The lowest BCUT2D eigenvalue weighted by Gasteiger charge is -2.12. The van der Waals surface area contributed by atoms with Crippen LogP contribution in [0.25, 0.3) is 5.69 Å². The molecule has 0 spiro atoms. The summed E-state index contributed by atoms with van der Waals surface area (Å²) in [5.74, 6) is -0.606. The van der Waals surface area contributed by atoms with Gasteiger partial charge in [0.2, 0.25) is 10.0 Å². The van der Waals surface area contributed by atoms with Crippen molar-refractivity contribution in [2.24, 2.45) is 0 Å². The first-order valence-electron chi connectivity index (χ1n) is 6.48. The highest BCUT2D eigenvalue weighted by Gasteiger charge is 2.19. The molecule has 0 bridgehead atoms. The van der Waals surface area contributed by atoms with E-state index >= 15 is 0 Å². The van der Waals surface area contributed by atoms with Crippen LogP contribution in [0.15, 0.2) is 30.3 Å². The summed E-state index contributed by atoms with van der Waals surface area (Å²) in [4.78, 5) is 12.1. The van der Waals surface area contributed by atoms with Gasteiger partial charge in [-0.3, -0.25) is 4.79 Å². The van der Waals surface area contributed by atoms with Gasteiger partial charge in [0.1, 0.15) is 0 Å². The second-order valence-corrected chi connectivity index (χ2v) is 6.86. The largest absolute Gasteiger partial charge is 0.317 e. The molecular weight excluding hydrogens is 288 g/mol. The summed E-state index contributed by atoms with van der Waals surface area (Å²) in [7, 11) is -3.57. The summed E-state index contributed by atoms with van der Waals surface area (Å²) in [6, 6.07) is 9.53. The van der Waals surface area contributed by atoms with Gasteiger partial charge in [0.05, 0.1) is 11.8 Å². The molecule has 2 aromatic rings. The van der Waals surface area contributed by atoms with E-state index in [1.807, 2.05) is 47.4 Å². The molecule has 5 nitrogen and oxygen atoms in total. The van der Waals surface area contributed by atoms with Gasteiger partial charge in [0, 0.05) is 17.1 Å². The number of carbonyl (C=O) groups is 1. The van der Waals surface area contributed by atoms with Crippen molar-refractivity contribution in [2.45, 2.75) is 20.8 Å². The number of nitrogens with zero attached hydrogens (tertiary/aromatic N) is 1. The molecule has 21 heavy (non-hydrogen) atoms. The molecule has 0 saturated carbocycles. The molecule has 1 aromatic heterocycles. The average molecular weight is 306 g/mol. The molecule has 112 valence electrons. The Morgan fingerprint density at radius 1 is 1.14 bits per heavy atom. The fourth-order valence-electron chi connectivity index (χ4n) is 2.40. The first-order chi connectivity index (χ1) is 9.70. The van der Waals surface area contributed by atoms with Crippen molar-refractivity contribution in [3.8, 4) is 5.69 Å². The Kier molecular flexibility index (Phi) is 3.91. The molecule has 1 N–H and O–H groups in total. The zero-order valence-electron chi connectivity index (χ0n) is 12.5. The number of amides is 1. The molecule has 0 atom stereocenters. The average Bonchev–Trinajstić information content (AvgIpc) is 2.64. The van der Waals surface area contributed by atoms with Gasteiger partial charge in [-0.15, -0.1) is 0 Å². The van der Waals surface area contributed by atoms with Crippen molar-refractivity contribution in [3.63, 3.8) is 0 Å². The van der Waals surface area contributed by atoms with Gasteiger partial charge in [-0.1, -0.05) is 18.2 Å². The van der Waals surface area contributed by atoms with Crippen molar-refractivity contribution in [1.82, 2.24) is 9.29 Å². The summed E-state index contributed by atoms with van der Waals surface area (Å²) in [5.41, 5.74) is 4.00. The second kappa shape index (κ2) is 5.37. The molecule has 0 aliphatic carbocycles. The molecule has 6 heteroatoms. The Labute approximate surface area is 124 Å². The number of aryl methyl sites for hydroxylation is 2. The zero-order chi connectivity index (χ0) is 15.8. The van der Waals surface area contributed by atoms with Crippen LogP contribution in [0.1, 0.15) is 27.3 Å². The molecular formula is C15H18N2O3S. The van der Waals surface area contributed by atoms with Gasteiger partial charge in [-0.05, 0) is 38.5 Å². The van der Waals surface area contributed by atoms with Crippen molar-refractivity contribution in [3.05, 3.63) is 52.8 Å². The summed E-state index contributed by atoms with van der Waals surface area (Å²) < 4.78 is 26.4. The summed E-state index contributed by atoms with van der Waals surface area (Å²) >= 11 is 0. The van der Waals surface area contributed by atoms with Gasteiger partial charge in [-0.2, -0.15) is 0 Å². The maximum Gasteiger partial charge on any atom is 0.266 e. The topological polar surface area (TPSA) is 68.2 Å². The molecule has 0 fully saturated rings. The molecule has 1 heterocycles. The molecule has 0 saturated heterocycles. The van der Waals surface area contributed by atoms with Crippen molar-refractivity contribution in [2.75, 3.05) is 6.26 Å². The van der Waals surface area contributed by atoms with E-state index in [9.17, 15) is 13.2 Å². The maximum absolute atomic E-state index is 12.1. The van der Waals surface area contributed by atoms with E-state index in [2.05, 4.69) is 0 Å². The Balaban J connectivity index is 2.53. The van der Waals surface area contributed by atoms with E-state index in [0.717, 1.165) is 23.2 Å². The molecule has 0 aliphatic heterocycles. The summed E-state index contributed by atoms with van der Waals surface area (Å²) in [5, 5.41) is 0. The van der Waals surface area contributed by atoms with E-state index in [4.69, 9.17) is 0 Å². The van der Waals surface area contributed by atoms with E-state index in [1.54, 1.807) is 13.0 Å². The van der Waals surface area contributed by atoms with Crippen LogP contribution in [0.5, 0.6) is 0 Å². The lowest BCUT2D eigenvalue weighted by atomic mass is 10.2. The first kappa shape index (κ1) is 15.3. The fourth-order valence-corrected chi connectivity index (χ4v) is 2.85. The van der Waals surface area contributed by atoms with Crippen LogP contribution in [0.2, 0.25) is 0 Å². The zero-order valence-corrected chi connectivity index (χ0v) is 13.3. The highest BCUT2D eigenvalue weighted by Crippen LogP contribution is 2.23. The van der Waals surface area contributed by atoms with E-state index in [0.29, 0.717) is 11.3 Å². The third-order valence-electron chi connectivity index (χ3n) is 3.31. The standard InChI is InChI=1S/C15H18N2O3S/c1-10-7-5-6-8-14(10)17-11(2)9-13(12(17)3)15(18)16-21(4,19)20/h5-9H,1-4H3,(H,16,18). The second-order valence-electron chi connectivity index (χ2n) is 5.11. The predicted molar refractivity (Wildman–Crippen MR) is 82.3 cm³/mol. The van der Waals surface area contributed by atoms with Crippen LogP contribution in [0, 0.1) is 20.8 Å². The lowest BCUT2D eigenvalue weighted by Crippen LogP contribution is -2.29. The summed E-state index contributed by atoms with van der Waals surface area (Å²) in [6.07, 6.45) is 0.964. The number of rotatable bonds is 3. The fraction of sp³-hybridized carbons (Fsp3) is 0.267. The number of para-hydroxylation sites is 1. The van der Waals surface area contributed by atoms with Crippen molar-refractivity contribution >= 4 is 15.9 Å². The molecule has 0 aliphatic rings. The van der Waals surface area contributed by atoms with E-state index in [-0.39, 0.29) is 0 Å². The number of sulfonamides is 1. The Morgan fingerprint density at radius 3 is 2.33 bits per heavy atom. The van der Waals surface area contributed by atoms with Crippen molar-refractivity contribution in [1.29, 1.82) is 0 Å². The van der Waals surface area contributed by atoms with Gasteiger partial charge >= 0.3 is 0 Å². The maximum atomic E-state index is 12.1. The number of hydrogen-bond acceptors (Lipinski definition) is 3. The minimum Gasteiger partial charge on any atom is -0.317 e. The van der Waals surface area contributed by atoms with Gasteiger partial charge in [-0.25, -0.2) is 13.1 Å². The third-order valence-corrected chi connectivity index (χ3v) is 3.87. The lowest BCUT2D eigenvalue weighted by molar-refractivity contribution is 0.0981. The number of carbonyl (C=O) groups excluding carboxylic acids is 1. The van der Waals surface area contributed by atoms with Gasteiger partial charge in [0.15, 0.2) is 0 Å². The minimum absolute atomic E-state index is 0.362.